The molecule has 2 aromatic heterocycles. The van der Waals surface area contributed by atoms with Crippen LogP contribution in [0.2, 0.25) is 0 Å². The van der Waals surface area contributed by atoms with Gasteiger partial charge in [-0.3, -0.25) is 0 Å². The lowest BCUT2D eigenvalue weighted by atomic mass is 10.1. The van der Waals surface area contributed by atoms with Crippen LogP contribution >= 0.6 is 0 Å². The molecule has 4 nitrogen and oxygen atoms in total. The summed E-state index contributed by atoms with van der Waals surface area (Å²) in [5.74, 6) is 13.0. The second-order valence-corrected chi connectivity index (χ2v) is 13.2. The van der Waals surface area contributed by atoms with Gasteiger partial charge in [0, 0.05) is 33.6 Å². The lowest BCUT2D eigenvalue weighted by Gasteiger charge is -2.12. The minimum Gasteiger partial charge on any atom is -0.308 e. The van der Waals surface area contributed by atoms with Gasteiger partial charge < -0.3 is 9.13 Å². The molecule has 4 heteroatoms. The highest BCUT2D eigenvalue weighted by molar-refractivity contribution is 5.93. The van der Waals surface area contributed by atoms with Crippen LogP contribution in [0.4, 0.5) is 5.69 Å². The van der Waals surface area contributed by atoms with E-state index in [-0.39, 0.29) is 0 Å². The maximum atomic E-state index is 9.11. The topological polar surface area (TPSA) is 38.0 Å². The van der Waals surface area contributed by atoms with Crippen molar-refractivity contribution in [3.05, 3.63) is 208 Å². The molecule has 0 spiro atoms. The standard InChI is InChI=1S/C50H32N4/c1-35-4-28-45(29-5-35)53-47(42-22-16-38(17-23-42)9-8-37-12-14-41(34-51)15-13-37)32-49-50(53)33-48(54(49)46-30-6-36(2)7-31-46)43-24-18-39(19-25-43)10-11-40-20-26-44(52-3)27-21-40/h4-7,12-33H,1-2H3. The van der Waals surface area contributed by atoms with Gasteiger partial charge in [-0.25, -0.2) is 4.85 Å². The molecule has 0 saturated carbocycles. The average Bonchev–Trinajstić information content (AvgIpc) is 3.77. The zero-order chi connectivity index (χ0) is 37.0. The maximum Gasteiger partial charge on any atom is 0.187 e. The van der Waals surface area contributed by atoms with Gasteiger partial charge in [-0.05, 0) is 110 Å². The Hall–Kier alpha value is -7.76. The first-order valence-electron chi connectivity index (χ1n) is 17.6. The van der Waals surface area contributed by atoms with Gasteiger partial charge in [0.1, 0.15) is 0 Å². The van der Waals surface area contributed by atoms with Crippen molar-refractivity contribution in [3.63, 3.8) is 0 Å². The summed E-state index contributed by atoms with van der Waals surface area (Å²) in [5, 5.41) is 9.11. The number of aryl methyl sites for hydroxylation is 2. The van der Waals surface area contributed by atoms with Crippen LogP contribution in [0.1, 0.15) is 38.9 Å². The lowest BCUT2D eigenvalue weighted by Crippen LogP contribution is -1.97. The molecule has 54 heavy (non-hydrogen) atoms. The molecule has 0 fully saturated rings. The molecule has 252 valence electrons. The number of nitrogens with zero attached hydrogens (tertiary/aromatic N) is 4. The van der Waals surface area contributed by atoms with E-state index >= 15 is 0 Å². The van der Waals surface area contributed by atoms with E-state index in [9.17, 15) is 0 Å². The van der Waals surface area contributed by atoms with Gasteiger partial charge in [0.05, 0.1) is 40.6 Å². The second-order valence-electron chi connectivity index (χ2n) is 13.2. The quantitative estimate of drug-likeness (QED) is 0.134. The smallest absolute Gasteiger partial charge is 0.187 e. The highest BCUT2D eigenvalue weighted by Crippen LogP contribution is 2.39. The summed E-state index contributed by atoms with van der Waals surface area (Å²) in [6.07, 6.45) is 0. The van der Waals surface area contributed by atoms with Crippen molar-refractivity contribution in [1.82, 2.24) is 9.13 Å². The predicted molar refractivity (Wildman–Crippen MR) is 219 cm³/mol. The van der Waals surface area contributed by atoms with Crippen molar-refractivity contribution in [3.8, 4) is 63.6 Å². The van der Waals surface area contributed by atoms with Crippen LogP contribution in [0, 0.1) is 55.4 Å². The first-order chi connectivity index (χ1) is 26.4. The van der Waals surface area contributed by atoms with Crippen LogP contribution in [0.15, 0.2) is 158 Å². The molecular formula is C50H32N4. The van der Waals surface area contributed by atoms with Gasteiger partial charge >= 0.3 is 0 Å². The van der Waals surface area contributed by atoms with Crippen molar-refractivity contribution >= 4 is 16.7 Å². The highest BCUT2D eigenvalue weighted by atomic mass is 15.1. The van der Waals surface area contributed by atoms with Crippen LogP contribution in [0.25, 0.3) is 49.8 Å². The van der Waals surface area contributed by atoms with E-state index in [0.29, 0.717) is 11.3 Å². The summed E-state index contributed by atoms with van der Waals surface area (Å²) in [7, 11) is 0. The Morgan fingerprint density at radius 2 is 0.778 bits per heavy atom. The molecule has 0 aliphatic rings. The third kappa shape index (κ3) is 6.81. The Bertz CT molecular complexity index is 2650. The summed E-state index contributed by atoms with van der Waals surface area (Å²) < 4.78 is 4.69. The number of rotatable bonds is 4. The third-order valence-corrected chi connectivity index (χ3v) is 9.43. The van der Waals surface area contributed by atoms with E-state index in [1.165, 1.54) is 11.1 Å². The molecule has 0 bridgehead atoms. The van der Waals surface area contributed by atoms with E-state index in [0.717, 1.165) is 67.2 Å². The molecule has 0 aliphatic carbocycles. The molecule has 8 rings (SSSR count). The Labute approximate surface area is 315 Å². The third-order valence-electron chi connectivity index (χ3n) is 9.43. The lowest BCUT2D eigenvalue weighted by molar-refractivity contribution is 1.13. The largest absolute Gasteiger partial charge is 0.308 e. The number of benzene rings is 6. The molecule has 0 saturated heterocycles. The highest BCUT2D eigenvalue weighted by Gasteiger charge is 2.21. The van der Waals surface area contributed by atoms with E-state index in [2.05, 4.69) is 167 Å². The van der Waals surface area contributed by atoms with Gasteiger partial charge in [-0.1, -0.05) is 108 Å². The molecular weight excluding hydrogens is 657 g/mol. The molecule has 0 radical (unpaired) electrons. The number of fused-ring (bicyclic) bond motifs is 1. The fraction of sp³-hybridized carbons (Fsp3) is 0.0400. The van der Waals surface area contributed by atoms with Crippen molar-refractivity contribution < 1.29 is 0 Å². The SMILES string of the molecule is [C-]#[N+]c1ccc(C#Cc2ccc(-c3cc4c(cc(-c5ccc(C#Cc6ccc(C#N)cc6)cc5)n4-c4ccc(C)cc4)n3-c3ccc(C)cc3)cc2)cc1. The maximum absolute atomic E-state index is 9.11. The summed E-state index contributed by atoms with van der Waals surface area (Å²) >= 11 is 0. The summed E-state index contributed by atoms with van der Waals surface area (Å²) in [4.78, 5) is 3.47. The van der Waals surface area contributed by atoms with E-state index in [4.69, 9.17) is 11.8 Å². The average molecular weight is 689 g/mol. The first-order valence-corrected chi connectivity index (χ1v) is 17.6. The fourth-order valence-corrected chi connectivity index (χ4v) is 6.51. The molecule has 8 aromatic rings. The fourth-order valence-electron chi connectivity index (χ4n) is 6.51. The molecule has 0 unspecified atom stereocenters. The van der Waals surface area contributed by atoms with E-state index in [1.54, 1.807) is 24.3 Å². The van der Waals surface area contributed by atoms with Gasteiger partial charge in [-0.2, -0.15) is 5.26 Å². The van der Waals surface area contributed by atoms with E-state index < -0.39 is 0 Å². The number of hydrogen-bond acceptors (Lipinski definition) is 1. The molecule has 0 atom stereocenters. The van der Waals surface area contributed by atoms with Crippen LogP contribution in [-0.4, -0.2) is 9.13 Å². The van der Waals surface area contributed by atoms with E-state index in [1.807, 2.05) is 24.3 Å². The van der Waals surface area contributed by atoms with Crippen LogP contribution < -0.4 is 0 Å². The molecule has 6 aromatic carbocycles. The monoisotopic (exact) mass is 688 g/mol. The minimum absolute atomic E-state index is 0.608. The second kappa shape index (κ2) is 14.5. The zero-order valence-electron chi connectivity index (χ0n) is 29.8. The summed E-state index contributed by atoms with van der Waals surface area (Å²) in [6, 6.07) is 55.6. The van der Waals surface area contributed by atoms with Crippen LogP contribution in [0.3, 0.4) is 0 Å². The van der Waals surface area contributed by atoms with Crippen molar-refractivity contribution in [1.29, 1.82) is 5.26 Å². The number of hydrogen-bond donors (Lipinski definition) is 0. The zero-order valence-corrected chi connectivity index (χ0v) is 29.8. The van der Waals surface area contributed by atoms with Crippen molar-refractivity contribution in [2.45, 2.75) is 13.8 Å². The summed E-state index contributed by atoms with van der Waals surface area (Å²) in [5.41, 5.74) is 15.9. The Morgan fingerprint density at radius 1 is 0.444 bits per heavy atom. The van der Waals surface area contributed by atoms with Crippen LogP contribution in [-0.2, 0) is 0 Å². The minimum atomic E-state index is 0.608. The Balaban J connectivity index is 1.23. The predicted octanol–water partition coefficient (Wildman–Crippen LogP) is 11.6. The molecule has 0 N–H and O–H groups in total. The van der Waals surface area contributed by atoms with Crippen molar-refractivity contribution in [2.24, 2.45) is 0 Å². The Morgan fingerprint density at radius 3 is 1.13 bits per heavy atom. The van der Waals surface area contributed by atoms with Crippen molar-refractivity contribution in [2.75, 3.05) is 0 Å². The number of nitriles is 1. The number of aromatic nitrogens is 2. The molecule has 2 heterocycles. The Kier molecular flexibility index (Phi) is 8.94. The first kappa shape index (κ1) is 33.4. The van der Waals surface area contributed by atoms with Gasteiger partial charge in [0.2, 0.25) is 0 Å². The van der Waals surface area contributed by atoms with Crippen LogP contribution in [0.5, 0.6) is 0 Å². The molecule has 0 aliphatic heterocycles. The normalized spacial score (nSPS) is 10.4. The van der Waals surface area contributed by atoms with Gasteiger partial charge in [0.15, 0.2) is 5.69 Å². The van der Waals surface area contributed by atoms with Gasteiger partial charge in [0.25, 0.3) is 0 Å². The summed E-state index contributed by atoms with van der Waals surface area (Å²) in [6.45, 7) is 11.4. The van der Waals surface area contributed by atoms with Gasteiger partial charge in [-0.15, -0.1) is 0 Å². The molecule has 0 amide bonds.